The maximum absolute atomic E-state index is 14.0. The number of amides is 3. The third-order valence-electron chi connectivity index (χ3n) is 6.00. The molecule has 2 aromatic rings. The average molecular weight is 508 g/mol. The number of carbonyl (C=O) groups excluding carboxylic acids is 3. The number of nitriles is 1. The van der Waals surface area contributed by atoms with Crippen LogP contribution < -0.4 is 20.7 Å². The smallest absolute Gasteiger partial charge is 0.419 e. The van der Waals surface area contributed by atoms with E-state index in [1.165, 1.54) is 25.3 Å². The number of nitrogens with one attached hydrogen (secondary N) is 4. The molecule has 36 heavy (non-hydrogen) atoms. The number of nitrogens with zero attached hydrogens (tertiary/aromatic N) is 1. The number of aromatic nitrogens is 1. The molecular weight excluding hydrogens is 479 g/mol. The molecule has 0 spiro atoms. The molecule has 1 aliphatic rings. The van der Waals surface area contributed by atoms with Gasteiger partial charge in [-0.1, -0.05) is 19.9 Å². The number of hydrogen-bond donors (Lipinski definition) is 4. The van der Waals surface area contributed by atoms with E-state index in [1.54, 1.807) is 13.8 Å². The lowest BCUT2D eigenvalue weighted by Gasteiger charge is -2.22. The largest absolute Gasteiger partial charge is 0.496 e. The van der Waals surface area contributed by atoms with Crippen molar-refractivity contribution >= 4 is 28.6 Å². The van der Waals surface area contributed by atoms with Gasteiger partial charge in [-0.05, 0) is 37.3 Å². The maximum atomic E-state index is 14.0. The van der Waals surface area contributed by atoms with Gasteiger partial charge in [0.1, 0.15) is 23.5 Å². The average Bonchev–Trinajstić information content (AvgIpc) is 3.40. The highest BCUT2D eigenvalue weighted by molar-refractivity contribution is 6.04. The van der Waals surface area contributed by atoms with Gasteiger partial charge in [-0.3, -0.25) is 14.4 Å². The number of methoxy groups -OCH3 is 1. The monoisotopic (exact) mass is 507 g/mol. The molecule has 2 heterocycles. The van der Waals surface area contributed by atoms with E-state index < -0.39 is 47.2 Å². The second kappa shape index (κ2) is 10.9. The number of alkyl halides is 3. The second-order valence-electron chi connectivity index (χ2n) is 9.11. The van der Waals surface area contributed by atoms with Crippen LogP contribution in [0.4, 0.5) is 13.2 Å². The van der Waals surface area contributed by atoms with Crippen molar-refractivity contribution in [2.45, 2.75) is 51.4 Å². The molecule has 1 saturated heterocycles. The van der Waals surface area contributed by atoms with Crippen LogP contribution >= 0.6 is 0 Å². The third kappa shape index (κ3) is 5.90. The van der Waals surface area contributed by atoms with Crippen molar-refractivity contribution in [3.63, 3.8) is 0 Å². The Morgan fingerprint density at radius 2 is 2.00 bits per heavy atom. The molecule has 0 radical (unpaired) electrons. The minimum atomic E-state index is -4.89. The minimum Gasteiger partial charge on any atom is -0.496 e. The summed E-state index contributed by atoms with van der Waals surface area (Å²) in [5, 5.41) is 16.8. The van der Waals surface area contributed by atoms with E-state index in [4.69, 9.17) is 4.74 Å². The lowest BCUT2D eigenvalue weighted by molar-refractivity contribution is -0.136. The number of hydrogen-bond acceptors (Lipinski definition) is 5. The summed E-state index contributed by atoms with van der Waals surface area (Å²) in [5.74, 6) is -2.63. The van der Waals surface area contributed by atoms with E-state index in [-0.39, 0.29) is 41.3 Å². The Balaban J connectivity index is 1.87. The Morgan fingerprint density at radius 1 is 1.28 bits per heavy atom. The molecule has 12 heteroatoms. The number of rotatable bonds is 9. The topological polar surface area (TPSA) is 136 Å². The number of fused-ring (bicyclic) bond motifs is 1. The van der Waals surface area contributed by atoms with Crippen LogP contribution in [0.5, 0.6) is 5.75 Å². The molecule has 1 fully saturated rings. The molecule has 3 rings (SSSR count). The van der Waals surface area contributed by atoms with E-state index in [9.17, 15) is 32.8 Å². The van der Waals surface area contributed by atoms with Gasteiger partial charge in [0, 0.05) is 12.5 Å². The van der Waals surface area contributed by atoms with Crippen LogP contribution in [0.3, 0.4) is 0 Å². The Morgan fingerprint density at radius 3 is 2.56 bits per heavy atom. The fraction of sp³-hybridized carbons (Fsp3) is 0.500. The highest BCUT2D eigenvalue weighted by Gasteiger charge is 2.41. The van der Waals surface area contributed by atoms with Crippen molar-refractivity contribution in [2.24, 2.45) is 11.8 Å². The zero-order valence-electron chi connectivity index (χ0n) is 20.1. The van der Waals surface area contributed by atoms with Gasteiger partial charge in [-0.25, -0.2) is 0 Å². The van der Waals surface area contributed by atoms with Crippen LogP contribution in [-0.2, 0) is 15.8 Å². The van der Waals surface area contributed by atoms with E-state index in [0.29, 0.717) is 13.0 Å². The summed E-state index contributed by atoms with van der Waals surface area (Å²) in [6, 6.07) is 3.96. The van der Waals surface area contributed by atoms with Gasteiger partial charge in [0.25, 0.3) is 5.91 Å². The van der Waals surface area contributed by atoms with Crippen molar-refractivity contribution in [2.75, 3.05) is 13.7 Å². The predicted octanol–water partition coefficient (Wildman–Crippen LogP) is 2.87. The van der Waals surface area contributed by atoms with Crippen LogP contribution in [-0.4, -0.2) is 48.4 Å². The Labute approximate surface area is 205 Å². The van der Waals surface area contributed by atoms with Gasteiger partial charge in [-0.2, -0.15) is 18.4 Å². The summed E-state index contributed by atoms with van der Waals surface area (Å²) in [5.41, 5.74) is -1.89. The van der Waals surface area contributed by atoms with Gasteiger partial charge in [0.05, 0.1) is 29.6 Å². The molecule has 1 aromatic carbocycles. The molecule has 0 saturated carbocycles. The number of H-pyrrole nitrogens is 1. The Bertz CT molecular complexity index is 1180. The first-order valence-corrected chi connectivity index (χ1v) is 11.5. The van der Waals surface area contributed by atoms with Gasteiger partial charge < -0.3 is 25.7 Å². The summed E-state index contributed by atoms with van der Waals surface area (Å²) in [7, 11) is 1.23. The SMILES string of the molecule is COc1cccc2[nH]c(C(=O)N[C@@H](CC(C)C)C(=O)N[C@H](C#N)C[C@@H]3CCNC3=O)c(C(F)(F)F)c12. The lowest BCUT2D eigenvalue weighted by atomic mass is 9.98. The summed E-state index contributed by atoms with van der Waals surface area (Å²) in [6.45, 7) is 4.05. The summed E-state index contributed by atoms with van der Waals surface area (Å²) >= 11 is 0. The van der Waals surface area contributed by atoms with E-state index >= 15 is 0 Å². The van der Waals surface area contributed by atoms with E-state index in [0.717, 1.165) is 0 Å². The predicted molar refractivity (Wildman–Crippen MR) is 124 cm³/mol. The molecule has 0 bridgehead atoms. The summed E-state index contributed by atoms with van der Waals surface area (Å²) < 4.78 is 47.2. The first-order valence-electron chi connectivity index (χ1n) is 11.5. The fourth-order valence-corrected chi connectivity index (χ4v) is 4.34. The van der Waals surface area contributed by atoms with Gasteiger partial charge >= 0.3 is 6.18 Å². The third-order valence-corrected chi connectivity index (χ3v) is 6.00. The molecular formula is C24H28F3N5O4. The summed E-state index contributed by atoms with van der Waals surface area (Å²) in [6.07, 6.45) is -4.15. The van der Waals surface area contributed by atoms with E-state index in [2.05, 4.69) is 20.9 Å². The number of carbonyl (C=O) groups is 3. The molecule has 1 aliphatic heterocycles. The standard InChI is InChI=1S/C24H28F3N5O4/c1-12(2)9-16(22(34)30-14(11-28)10-13-7-8-29-21(13)33)32-23(35)20-19(24(25,26)27)18-15(31-20)5-4-6-17(18)36-3/h4-6,12-14,16,31H,7-10H2,1-3H3,(H,29,33)(H,30,34)(H,32,35)/t13-,14-,16-/m0/s1. The van der Waals surface area contributed by atoms with Gasteiger partial charge in [-0.15, -0.1) is 0 Å². The van der Waals surface area contributed by atoms with Crippen molar-refractivity contribution in [3.05, 3.63) is 29.5 Å². The molecule has 194 valence electrons. The Kier molecular flexibility index (Phi) is 8.12. The van der Waals surface area contributed by atoms with Crippen LogP contribution in [0.25, 0.3) is 10.9 Å². The molecule has 4 N–H and O–H groups in total. The highest BCUT2D eigenvalue weighted by Crippen LogP contribution is 2.41. The van der Waals surface area contributed by atoms with Gasteiger partial charge in [0.2, 0.25) is 11.8 Å². The highest BCUT2D eigenvalue weighted by atomic mass is 19.4. The quantitative estimate of drug-likeness (QED) is 0.414. The summed E-state index contributed by atoms with van der Waals surface area (Å²) in [4.78, 5) is 40.4. The van der Waals surface area contributed by atoms with Gasteiger partial charge in [0.15, 0.2) is 0 Å². The zero-order valence-corrected chi connectivity index (χ0v) is 20.1. The number of aromatic amines is 1. The van der Waals surface area contributed by atoms with Crippen LogP contribution in [0.1, 0.15) is 49.2 Å². The Hall–Kier alpha value is -3.75. The second-order valence-corrected chi connectivity index (χ2v) is 9.11. The van der Waals surface area contributed by atoms with Crippen molar-refractivity contribution in [3.8, 4) is 11.8 Å². The molecule has 3 atom stereocenters. The van der Waals surface area contributed by atoms with Crippen LogP contribution in [0.15, 0.2) is 18.2 Å². The van der Waals surface area contributed by atoms with E-state index in [1.807, 2.05) is 6.07 Å². The van der Waals surface area contributed by atoms with Crippen molar-refractivity contribution in [1.82, 2.24) is 20.9 Å². The molecule has 1 aromatic heterocycles. The number of halogens is 3. The number of benzene rings is 1. The normalized spacial score (nSPS) is 17.4. The first-order chi connectivity index (χ1) is 17.0. The lowest BCUT2D eigenvalue weighted by Crippen LogP contribution is -2.50. The van der Waals surface area contributed by atoms with Crippen LogP contribution in [0, 0.1) is 23.2 Å². The first kappa shape index (κ1) is 26.8. The van der Waals surface area contributed by atoms with Crippen LogP contribution in [0.2, 0.25) is 0 Å². The molecule has 0 unspecified atom stereocenters. The number of ether oxygens (including phenoxy) is 1. The molecule has 9 nitrogen and oxygen atoms in total. The minimum absolute atomic E-state index is 0.0519. The zero-order chi connectivity index (χ0) is 26.6. The fourth-order valence-electron chi connectivity index (χ4n) is 4.34. The maximum Gasteiger partial charge on any atom is 0.419 e. The molecule has 0 aliphatic carbocycles. The molecule has 3 amide bonds. The van der Waals surface area contributed by atoms with Crippen molar-refractivity contribution < 1.29 is 32.3 Å². The van der Waals surface area contributed by atoms with Crippen molar-refractivity contribution in [1.29, 1.82) is 5.26 Å².